The highest BCUT2D eigenvalue weighted by atomic mass is 16.5. The van der Waals surface area contributed by atoms with Crippen LogP contribution in [0.5, 0.6) is 5.75 Å². The normalized spacial score (nSPS) is 10.7. The molecule has 0 radical (unpaired) electrons. The summed E-state index contributed by atoms with van der Waals surface area (Å²) >= 11 is 0. The molecule has 6 nitrogen and oxygen atoms in total. The predicted molar refractivity (Wildman–Crippen MR) is 117 cm³/mol. The summed E-state index contributed by atoms with van der Waals surface area (Å²) in [6.07, 6.45) is 5.18. The van der Waals surface area contributed by atoms with Gasteiger partial charge in [-0.2, -0.15) is 0 Å². The average molecular weight is 399 g/mol. The number of aryl methyl sites for hydroxylation is 1. The largest absolute Gasteiger partial charge is 0.497 e. The summed E-state index contributed by atoms with van der Waals surface area (Å²) in [6, 6.07) is 16.3. The molecule has 0 atom stereocenters. The fourth-order valence-electron chi connectivity index (χ4n) is 3.45. The number of ether oxygens (including phenoxy) is 1. The summed E-state index contributed by atoms with van der Waals surface area (Å²) in [7, 11) is 1.59. The van der Waals surface area contributed by atoms with Crippen LogP contribution in [0.4, 0.5) is 5.69 Å². The zero-order valence-electron chi connectivity index (χ0n) is 16.8. The zero-order valence-corrected chi connectivity index (χ0v) is 16.8. The number of fused-ring (bicyclic) bond motifs is 1. The van der Waals surface area contributed by atoms with Gasteiger partial charge in [-0.1, -0.05) is 12.1 Å². The Kier molecular flexibility index (Phi) is 5.30. The van der Waals surface area contributed by atoms with E-state index in [1.807, 2.05) is 31.2 Å². The van der Waals surface area contributed by atoms with Crippen LogP contribution in [0.15, 0.2) is 78.0 Å². The Morgan fingerprint density at radius 2 is 1.97 bits per heavy atom. The van der Waals surface area contributed by atoms with Crippen molar-refractivity contribution < 1.29 is 9.53 Å². The molecule has 2 heterocycles. The van der Waals surface area contributed by atoms with Crippen molar-refractivity contribution in [1.29, 1.82) is 0 Å². The Labute approximate surface area is 173 Å². The van der Waals surface area contributed by atoms with Crippen molar-refractivity contribution in [1.82, 2.24) is 9.55 Å². The Morgan fingerprint density at radius 3 is 2.70 bits per heavy atom. The van der Waals surface area contributed by atoms with Gasteiger partial charge in [0.25, 0.3) is 11.5 Å². The highest BCUT2D eigenvalue weighted by Gasteiger charge is 2.13. The number of hydrogen-bond donors (Lipinski definition) is 1. The fourth-order valence-corrected chi connectivity index (χ4v) is 3.45. The number of pyridine rings is 2. The molecule has 4 aromatic rings. The summed E-state index contributed by atoms with van der Waals surface area (Å²) < 4.78 is 6.84. The fraction of sp³-hybridized carbons (Fsp3) is 0.125. The lowest BCUT2D eigenvalue weighted by Gasteiger charge is -2.12. The number of nitrogens with zero attached hydrogens (tertiary/aromatic N) is 2. The molecule has 150 valence electrons. The van der Waals surface area contributed by atoms with E-state index < -0.39 is 0 Å². The van der Waals surface area contributed by atoms with Crippen LogP contribution in [0.25, 0.3) is 10.8 Å². The molecule has 0 aliphatic carbocycles. The summed E-state index contributed by atoms with van der Waals surface area (Å²) in [5.74, 6) is 0.463. The second-order valence-corrected chi connectivity index (χ2v) is 7.01. The SMILES string of the molecule is COc1ccc(C(=O)Nc2cccc3c(=O)n(Cc4cccnc4)ccc23)c(C)c1. The van der Waals surface area contributed by atoms with Gasteiger partial charge in [-0.25, -0.2) is 0 Å². The van der Waals surface area contributed by atoms with Crippen LogP contribution in [0.3, 0.4) is 0 Å². The van der Waals surface area contributed by atoms with Gasteiger partial charge in [-0.15, -0.1) is 0 Å². The van der Waals surface area contributed by atoms with Crippen LogP contribution in [-0.2, 0) is 6.54 Å². The van der Waals surface area contributed by atoms with Gasteiger partial charge in [-0.3, -0.25) is 14.6 Å². The van der Waals surface area contributed by atoms with Crippen molar-refractivity contribution in [3.8, 4) is 5.75 Å². The van der Waals surface area contributed by atoms with E-state index in [1.165, 1.54) is 0 Å². The lowest BCUT2D eigenvalue weighted by atomic mass is 10.1. The Hall–Kier alpha value is -3.93. The highest BCUT2D eigenvalue weighted by Crippen LogP contribution is 2.23. The van der Waals surface area contributed by atoms with Crippen LogP contribution < -0.4 is 15.6 Å². The first-order chi connectivity index (χ1) is 14.6. The highest BCUT2D eigenvalue weighted by molar-refractivity contribution is 6.09. The van der Waals surface area contributed by atoms with E-state index in [9.17, 15) is 9.59 Å². The number of hydrogen-bond acceptors (Lipinski definition) is 4. The molecule has 0 unspecified atom stereocenters. The third-order valence-corrected chi connectivity index (χ3v) is 5.02. The topological polar surface area (TPSA) is 73.2 Å². The predicted octanol–water partition coefficient (Wildman–Crippen LogP) is 4.01. The van der Waals surface area contributed by atoms with Gasteiger partial charge < -0.3 is 14.6 Å². The van der Waals surface area contributed by atoms with Gasteiger partial charge in [0.05, 0.1) is 13.7 Å². The molecule has 0 fully saturated rings. The summed E-state index contributed by atoms with van der Waals surface area (Å²) in [4.78, 5) is 29.9. The first-order valence-electron chi connectivity index (χ1n) is 9.54. The number of carbonyl (C=O) groups excluding carboxylic acids is 1. The van der Waals surface area contributed by atoms with Gasteiger partial charge in [0.1, 0.15) is 5.75 Å². The lowest BCUT2D eigenvalue weighted by molar-refractivity contribution is 0.102. The van der Waals surface area contributed by atoms with E-state index in [-0.39, 0.29) is 11.5 Å². The molecule has 1 N–H and O–H groups in total. The van der Waals surface area contributed by atoms with E-state index in [1.54, 1.807) is 60.6 Å². The molecule has 0 saturated heterocycles. The maximum atomic E-state index is 13.0. The van der Waals surface area contributed by atoms with Gasteiger partial charge in [0, 0.05) is 40.6 Å². The number of amides is 1. The Balaban J connectivity index is 1.66. The molecule has 0 aliphatic heterocycles. The number of anilines is 1. The number of carbonyl (C=O) groups is 1. The van der Waals surface area contributed by atoms with Gasteiger partial charge >= 0.3 is 0 Å². The lowest BCUT2D eigenvalue weighted by Crippen LogP contribution is -2.21. The van der Waals surface area contributed by atoms with Crippen molar-refractivity contribution in [2.75, 3.05) is 12.4 Å². The van der Waals surface area contributed by atoms with E-state index in [4.69, 9.17) is 4.74 Å². The average Bonchev–Trinajstić information content (AvgIpc) is 2.76. The molecule has 0 saturated carbocycles. The van der Waals surface area contributed by atoms with Crippen molar-refractivity contribution >= 4 is 22.4 Å². The van der Waals surface area contributed by atoms with Crippen LogP contribution in [0, 0.1) is 6.92 Å². The van der Waals surface area contributed by atoms with Crippen molar-refractivity contribution in [2.45, 2.75) is 13.5 Å². The number of methoxy groups -OCH3 is 1. The molecule has 2 aromatic heterocycles. The Morgan fingerprint density at radius 1 is 1.10 bits per heavy atom. The number of rotatable bonds is 5. The van der Waals surface area contributed by atoms with Crippen molar-refractivity contribution in [3.63, 3.8) is 0 Å². The molecular formula is C24H21N3O3. The minimum absolute atomic E-state index is 0.118. The number of aromatic nitrogens is 2. The zero-order chi connectivity index (χ0) is 21.1. The van der Waals surface area contributed by atoms with Crippen LogP contribution in [0.1, 0.15) is 21.5 Å². The number of nitrogens with one attached hydrogen (secondary N) is 1. The molecule has 0 bridgehead atoms. The van der Waals surface area contributed by atoms with E-state index in [0.717, 1.165) is 11.1 Å². The van der Waals surface area contributed by atoms with Gasteiger partial charge in [-0.05, 0) is 60.5 Å². The van der Waals surface area contributed by atoms with Gasteiger partial charge in [0.15, 0.2) is 0 Å². The van der Waals surface area contributed by atoms with E-state index >= 15 is 0 Å². The first kappa shape index (κ1) is 19.4. The van der Waals surface area contributed by atoms with Gasteiger partial charge in [0.2, 0.25) is 0 Å². The van der Waals surface area contributed by atoms with Crippen molar-refractivity contribution in [3.05, 3.63) is 100 Å². The molecule has 6 heteroatoms. The maximum absolute atomic E-state index is 13.0. The third-order valence-electron chi connectivity index (χ3n) is 5.02. The van der Waals surface area contributed by atoms with Crippen LogP contribution >= 0.6 is 0 Å². The molecule has 1 amide bonds. The monoisotopic (exact) mass is 399 g/mol. The third kappa shape index (κ3) is 3.80. The van der Waals surface area contributed by atoms with Crippen LogP contribution in [0.2, 0.25) is 0 Å². The smallest absolute Gasteiger partial charge is 0.258 e. The summed E-state index contributed by atoms with van der Waals surface area (Å²) in [5, 5.41) is 4.18. The molecule has 4 rings (SSSR count). The quantitative estimate of drug-likeness (QED) is 0.550. The standard InChI is InChI=1S/C24H21N3O3/c1-16-13-18(30-2)8-9-19(16)23(28)26-22-7-3-6-21-20(22)10-12-27(24(21)29)15-17-5-4-11-25-14-17/h3-14H,15H2,1-2H3,(H,26,28). The molecule has 30 heavy (non-hydrogen) atoms. The maximum Gasteiger partial charge on any atom is 0.258 e. The molecule has 0 aliphatic rings. The summed E-state index contributed by atoms with van der Waals surface area (Å²) in [5.41, 5.74) is 2.79. The minimum Gasteiger partial charge on any atom is -0.497 e. The second-order valence-electron chi connectivity index (χ2n) is 7.01. The van der Waals surface area contributed by atoms with Crippen LogP contribution in [-0.4, -0.2) is 22.6 Å². The summed E-state index contributed by atoms with van der Waals surface area (Å²) in [6.45, 7) is 2.29. The minimum atomic E-state index is -0.234. The van der Waals surface area contributed by atoms with E-state index in [2.05, 4.69) is 10.3 Å². The molecule has 2 aromatic carbocycles. The van der Waals surface area contributed by atoms with E-state index in [0.29, 0.717) is 34.3 Å². The Bertz CT molecular complexity index is 1280. The van der Waals surface area contributed by atoms with Crippen molar-refractivity contribution in [2.24, 2.45) is 0 Å². The molecular weight excluding hydrogens is 378 g/mol. The second kappa shape index (κ2) is 8.21. The molecule has 0 spiro atoms. The first-order valence-corrected chi connectivity index (χ1v) is 9.54. The number of benzene rings is 2.